The molecule has 0 aliphatic heterocycles. The maximum Gasteiger partial charge on any atom is 0.165 e. The van der Waals surface area contributed by atoms with Gasteiger partial charge in [0.1, 0.15) is 0 Å². The summed E-state index contributed by atoms with van der Waals surface area (Å²) in [5.41, 5.74) is 1.09. The van der Waals surface area contributed by atoms with Crippen LogP contribution in [-0.4, -0.2) is 13.7 Å². The van der Waals surface area contributed by atoms with Crippen LogP contribution in [0.25, 0.3) is 0 Å². The Hall–Kier alpha value is -0.600. The smallest absolute Gasteiger partial charge is 0.165 e. The lowest BCUT2D eigenvalue weighted by molar-refractivity contribution is 0.233. The van der Waals surface area contributed by atoms with Crippen LogP contribution in [0.1, 0.15) is 32.8 Å². The van der Waals surface area contributed by atoms with E-state index in [-0.39, 0.29) is 5.41 Å². The minimum absolute atomic E-state index is 0.237. The lowest BCUT2D eigenvalue weighted by Crippen LogP contribution is -2.12. The summed E-state index contributed by atoms with van der Waals surface area (Å²) in [6.07, 6.45) is 0.959. The highest BCUT2D eigenvalue weighted by Crippen LogP contribution is 2.36. The molecule has 0 amide bonds. The van der Waals surface area contributed by atoms with Gasteiger partial charge >= 0.3 is 0 Å². The molecule has 0 heterocycles. The highest BCUT2D eigenvalue weighted by molar-refractivity contribution is 6.31. The number of rotatable bonds is 5. The number of methoxy groups -OCH3 is 1. The summed E-state index contributed by atoms with van der Waals surface area (Å²) < 4.78 is 11.1. The zero-order valence-electron chi connectivity index (χ0n) is 11.3. The van der Waals surface area contributed by atoms with Crippen LogP contribution >= 0.6 is 23.2 Å². The van der Waals surface area contributed by atoms with Crippen molar-refractivity contribution in [1.29, 1.82) is 0 Å². The van der Waals surface area contributed by atoms with Gasteiger partial charge in [0.15, 0.2) is 11.5 Å². The van der Waals surface area contributed by atoms with Crippen LogP contribution in [0, 0.1) is 5.41 Å². The molecule has 18 heavy (non-hydrogen) atoms. The van der Waals surface area contributed by atoms with E-state index in [9.17, 15) is 0 Å². The molecule has 0 aliphatic rings. The quantitative estimate of drug-likeness (QED) is 0.718. The van der Waals surface area contributed by atoms with E-state index in [0.29, 0.717) is 29.0 Å². The van der Waals surface area contributed by atoms with E-state index in [2.05, 4.69) is 20.8 Å². The molecule has 0 bridgehead atoms. The van der Waals surface area contributed by atoms with Gasteiger partial charge in [-0.2, -0.15) is 0 Å². The molecule has 1 rings (SSSR count). The third kappa shape index (κ3) is 4.58. The van der Waals surface area contributed by atoms with Crippen molar-refractivity contribution < 1.29 is 9.47 Å². The van der Waals surface area contributed by atoms with Crippen molar-refractivity contribution in [2.45, 2.75) is 33.1 Å². The molecule has 0 radical (unpaired) electrons. The maximum absolute atomic E-state index is 5.99. The van der Waals surface area contributed by atoms with Crippen molar-refractivity contribution in [2.24, 2.45) is 5.41 Å². The van der Waals surface area contributed by atoms with Crippen LogP contribution in [0.2, 0.25) is 5.02 Å². The van der Waals surface area contributed by atoms with Gasteiger partial charge in [-0.05, 0) is 17.9 Å². The minimum Gasteiger partial charge on any atom is -0.493 e. The molecule has 1 aromatic rings. The Morgan fingerprint density at radius 1 is 1.22 bits per heavy atom. The van der Waals surface area contributed by atoms with Crippen molar-refractivity contribution in [1.82, 2.24) is 0 Å². The summed E-state index contributed by atoms with van der Waals surface area (Å²) in [7, 11) is 1.60. The Bertz CT molecular complexity index is 372. The largest absolute Gasteiger partial charge is 0.493 e. The second kappa shape index (κ2) is 6.53. The zero-order chi connectivity index (χ0) is 13.8. The topological polar surface area (TPSA) is 18.5 Å². The van der Waals surface area contributed by atoms with Crippen molar-refractivity contribution in [2.75, 3.05) is 13.7 Å². The number of alkyl halides is 1. The summed E-state index contributed by atoms with van der Waals surface area (Å²) in [5.74, 6) is 1.68. The molecule has 102 valence electrons. The standard InChI is InChI=1S/C14H20Cl2O2/c1-14(2,3)5-6-18-13-10(9-15)7-11(16)8-12(13)17-4/h7-8H,5-6,9H2,1-4H3. The Morgan fingerprint density at radius 2 is 1.89 bits per heavy atom. The number of hydrogen-bond donors (Lipinski definition) is 0. The summed E-state index contributed by atoms with van der Waals surface area (Å²) >= 11 is 11.9. The lowest BCUT2D eigenvalue weighted by atomic mass is 9.93. The molecule has 0 fully saturated rings. The third-order valence-electron chi connectivity index (χ3n) is 2.56. The van der Waals surface area contributed by atoms with Crippen molar-refractivity contribution >= 4 is 23.2 Å². The van der Waals surface area contributed by atoms with E-state index < -0.39 is 0 Å². The van der Waals surface area contributed by atoms with Crippen molar-refractivity contribution in [3.8, 4) is 11.5 Å². The van der Waals surface area contributed by atoms with Gasteiger partial charge in [0.25, 0.3) is 0 Å². The van der Waals surface area contributed by atoms with Gasteiger partial charge in [-0.25, -0.2) is 0 Å². The predicted molar refractivity (Wildman–Crippen MR) is 77.1 cm³/mol. The fourth-order valence-electron chi connectivity index (χ4n) is 1.50. The summed E-state index contributed by atoms with van der Waals surface area (Å²) in [5, 5.41) is 0.602. The van der Waals surface area contributed by atoms with Crippen LogP contribution in [0.3, 0.4) is 0 Å². The Kier molecular flexibility index (Phi) is 5.61. The molecule has 2 nitrogen and oxygen atoms in total. The van der Waals surface area contributed by atoms with E-state index in [1.165, 1.54) is 0 Å². The van der Waals surface area contributed by atoms with Gasteiger partial charge in [-0.3, -0.25) is 0 Å². The molecule has 0 saturated heterocycles. The van der Waals surface area contributed by atoms with E-state index in [1.54, 1.807) is 13.2 Å². The first-order valence-electron chi connectivity index (χ1n) is 5.92. The van der Waals surface area contributed by atoms with Gasteiger partial charge in [0.05, 0.1) is 19.6 Å². The van der Waals surface area contributed by atoms with Crippen molar-refractivity contribution in [3.05, 3.63) is 22.7 Å². The van der Waals surface area contributed by atoms with Crippen LogP contribution in [0.4, 0.5) is 0 Å². The molecule has 0 aliphatic carbocycles. The average molecular weight is 291 g/mol. The highest BCUT2D eigenvalue weighted by atomic mass is 35.5. The molecule has 0 atom stereocenters. The zero-order valence-corrected chi connectivity index (χ0v) is 12.9. The van der Waals surface area contributed by atoms with Crippen LogP contribution in [-0.2, 0) is 5.88 Å². The fraction of sp³-hybridized carbons (Fsp3) is 0.571. The van der Waals surface area contributed by atoms with Gasteiger partial charge in [0.2, 0.25) is 0 Å². The van der Waals surface area contributed by atoms with E-state index >= 15 is 0 Å². The number of halogens is 2. The normalized spacial score (nSPS) is 11.4. The molecule has 0 saturated carbocycles. The molecule has 0 aromatic heterocycles. The third-order valence-corrected chi connectivity index (χ3v) is 3.07. The fourth-order valence-corrected chi connectivity index (χ4v) is 1.93. The average Bonchev–Trinajstić information content (AvgIpc) is 2.28. The van der Waals surface area contributed by atoms with Crippen molar-refractivity contribution in [3.63, 3.8) is 0 Å². The van der Waals surface area contributed by atoms with Gasteiger partial charge in [0, 0.05) is 16.7 Å². The first kappa shape index (κ1) is 15.5. The van der Waals surface area contributed by atoms with Gasteiger partial charge < -0.3 is 9.47 Å². The lowest BCUT2D eigenvalue weighted by Gasteiger charge is -2.20. The predicted octanol–water partition coefficient (Wildman–Crippen LogP) is 4.90. The minimum atomic E-state index is 0.237. The van der Waals surface area contributed by atoms with Crippen LogP contribution in [0.5, 0.6) is 11.5 Å². The Morgan fingerprint density at radius 3 is 2.39 bits per heavy atom. The monoisotopic (exact) mass is 290 g/mol. The summed E-state index contributed by atoms with van der Waals surface area (Å²) in [6, 6.07) is 3.55. The second-order valence-electron chi connectivity index (χ2n) is 5.39. The Balaban J connectivity index is 2.86. The second-order valence-corrected chi connectivity index (χ2v) is 6.09. The first-order valence-corrected chi connectivity index (χ1v) is 6.84. The number of hydrogen-bond acceptors (Lipinski definition) is 2. The molecule has 0 unspecified atom stereocenters. The van der Waals surface area contributed by atoms with E-state index in [0.717, 1.165) is 12.0 Å². The number of ether oxygens (including phenoxy) is 2. The maximum atomic E-state index is 5.99. The summed E-state index contributed by atoms with van der Waals surface area (Å²) in [4.78, 5) is 0. The SMILES string of the molecule is COc1cc(Cl)cc(CCl)c1OCCC(C)(C)C. The molecular formula is C14H20Cl2O2. The van der Waals surface area contributed by atoms with Gasteiger partial charge in [-0.15, -0.1) is 11.6 Å². The van der Waals surface area contributed by atoms with Gasteiger partial charge in [-0.1, -0.05) is 32.4 Å². The molecule has 0 spiro atoms. The van der Waals surface area contributed by atoms with E-state index in [1.807, 2.05) is 6.07 Å². The highest BCUT2D eigenvalue weighted by Gasteiger charge is 2.15. The molecule has 4 heteroatoms. The van der Waals surface area contributed by atoms with Crippen LogP contribution in [0.15, 0.2) is 12.1 Å². The molecule has 0 N–H and O–H groups in total. The first-order chi connectivity index (χ1) is 8.37. The number of benzene rings is 1. The van der Waals surface area contributed by atoms with Crippen LogP contribution < -0.4 is 9.47 Å². The molecule has 1 aromatic carbocycles. The molecular weight excluding hydrogens is 271 g/mol. The summed E-state index contributed by atoms with van der Waals surface area (Å²) in [6.45, 7) is 7.17. The van der Waals surface area contributed by atoms with E-state index in [4.69, 9.17) is 32.7 Å². The Labute approximate surface area is 119 Å².